The predicted molar refractivity (Wildman–Crippen MR) is 81.2 cm³/mol. The van der Waals surface area contributed by atoms with Gasteiger partial charge in [0.1, 0.15) is 0 Å². The van der Waals surface area contributed by atoms with E-state index in [0.717, 1.165) is 22.3 Å². The van der Waals surface area contributed by atoms with Crippen LogP contribution >= 0.6 is 27.3 Å². The summed E-state index contributed by atoms with van der Waals surface area (Å²) < 4.78 is 1.01. The number of hydrogen-bond donors (Lipinski definition) is 1. The smallest absolute Gasteiger partial charge is 0.0762 e. The van der Waals surface area contributed by atoms with E-state index in [1.54, 1.807) is 18.3 Å². The fourth-order valence-corrected chi connectivity index (χ4v) is 3.27. The van der Waals surface area contributed by atoms with Gasteiger partial charge in [0, 0.05) is 16.4 Å². The number of halogens is 1. The first-order valence-corrected chi connectivity index (χ1v) is 7.46. The molecule has 18 heavy (non-hydrogen) atoms. The molecule has 2 nitrogen and oxygen atoms in total. The molecule has 0 aliphatic rings. The van der Waals surface area contributed by atoms with Crippen LogP contribution in [0, 0.1) is 0 Å². The summed E-state index contributed by atoms with van der Waals surface area (Å²) in [5.74, 6) is 0. The monoisotopic (exact) mass is 325 g/mol. The van der Waals surface area contributed by atoms with Gasteiger partial charge in [-0.3, -0.25) is 0 Å². The Bertz CT molecular complexity index is 511. The zero-order chi connectivity index (χ0) is 13.1. The summed E-state index contributed by atoms with van der Waals surface area (Å²) in [6.45, 7) is 2.67. The van der Waals surface area contributed by atoms with Gasteiger partial charge in [0.25, 0.3) is 0 Å². The van der Waals surface area contributed by atoms with E-state index in [9.17, 15) is 5.11 Å². The second-order valence-electron chi connectivity index (χ2n) is 4.32. The molecule has 2 aromatic rings. The van der Waals surface area contributed by atoms with Gasteiger partial charge in [-0.2, -0.15) is 0 Å². The summed E-state index contributed by atoms with van der Waals surface area (Å²) in [7, 11) is 2.07. The van der Waals surface area contributed by atoms with Crippen LogP contribution in [-0.4, -0.2) is 12.2 Å². The van der Waals surface area contributed by atoms with Crippen molar-refractivity contribution in [2.24, 2.45) is 0 Å². The Morgan fingerprint density at radius 1 is 1.39 bits per heavy atom. The van der Waals surface area contributed by atoms with Gasteiger partial charge in [-0.25, -0.2) is 0 Å². The minimum absolute atomic E-state index is 0.432. The minimum Gasteiger partial charge on any atom is -0.389 e. The molecule has 1 N–H and O–H groups in total. The summed E-state index contributed by atoms with van der Waals surface area (Å²) in [4.78, 5) is 3.53. The Morgan fingerprint density at radius 2 is 2.17 bits per heavy atom. The van der Waals surface area contributed by atoms with Gasteiger partial charge in [-0.15, -0.1) is 11.3 Å². The summed E-state index contributed by atoms with van der Waals surface area (Å²) in [6.07, 6.45) is -0.432. The lowest BCUT2D eigenvalue weighted by Gasteiger charge is -2.21. The average molecular weight is 326 g/mol. The Morgan fingerprint density at radius 3 is 2.72 bits per heavy atom. The standard InChI is InChI=1S/C14H16BrNOS/c1-10(17)11-5-6-14(13(15)8-11)16(2)9-12-4-3-7-18-12/h3-8,10,17H,9H2,1-2H3/t10-/m1/s1. The van der Waals surface area contributed by atoms with Gasteiger partial charge in [0.15, 0.2) is 0 Å². The van der Waals surface area contributed by atoms with Gasteiger partial charge in [0.2, 0.25) is 0 Å². The van der Waals surface area contributed by atoms with E-state index in [4.69, 9.17) is 0 Å². The number of benzene rings is 1. The van der Waals surface area contributed by atoms with Crippen LogP contribution in [0.3, 0.4) is 0 Å². The van der Waals surface area contributed by atoms with Crippen molar-refractivity contribution < 1.29 is 5.11 Å². The first-order chi connectivity index (χ1) is 8.58. The van der Waals surface area contributed by atoms with Gasteiger partial charge < -0.3 is 10.0 Å². The number of thiophene rings is 1. The number of anilines is 1. The summed E-state index contributed by atoms with van der Waals surface area (Å²) in [5, 5.41) is 11.6. The number of nitrogens with zero attached hydrogens (tertiary/aromatic N) is 1. The van der Waals surface area contributed by atoms with Crippen LogP contribution in [-0.2, 0) is 6.54 Å². The minimum atomic E-state index is -0.432. The molecular formula is C14H16BrNOS. The van der Waals surface area contributed by atoms with Crippen molar-refractivity contribution in [2.75, 3.05) is 11.9 Å². The molecule has 0 unspecified atom stereocenters. The highest BCUT2D eigenvalue weighted by Crippen LogP contribution is 2.30. The first-order valence-electron chi connectivity index (χ1n) is 5.79. The Balaban J connectivity index is 2.17. The van der Waals surface area contributed by atoms with E-state index in [-0.39, 0.29) is 0 Å². The Labute approximate surface area is 120 Å². The van der Waals surface area contributed by atoms with Crippen LogP contribution < -0.4 is 4.90 Å². The lowest BCUT2D eigenvalue weighted by molar-refractivity contribution is 0.199. The lowest BCUT2D eigenvalue weighted by atomic mass is 10.1. The second-order valence-corrected chi connectivity index (χ2v) is 6.21. The average Bonchev–Trinajstić information content (AvgIpc) is 2.81. The lowest BCUT2D eigenvalue weighted by Crippen LogP contribution is -2.16. The van der Waals surface area contributed by atoms with Crippen LogP contribution in [0.25, 0.3) is 0 Å². The molecule has 96 valence electrons. The van der Waals surface area contributed by atoms with Crippen molar-refractivity contribution in [3.05, 3.63) is 50.6 Å². The summed E-state index contributed by atoms with van der Waals surface area (Å²) >= 11 is 5.33. The van der Waals surface area contributed by atoms with E-state index >= 15 is 0 Å². The quantitative estimate of drug-likeness (QED) is 0.910. The van der Waals surface area contributed by atoms with Gasteiger partial charge >= 0.3 is 0 Å². The molecule has 0 radical (unpaired) electrons. The van der Waals surface area contributed by atoms with E-state index in [1.807, 2.05) is 18.2 Å². The van der Waals surface area contributed by atoms with Crippen LogP contribution in [0.5, 0.6) is 0 Å². The maximum Gasteiger partial charge on any atom is 0.0762 e. The third kappa shape index (κ3) is 3.13. The zero-order valence-electron chi connectivity index (χ0n) is 10.4. The summed E-state index contributed by atoms with van der Waals surface area (Å²) in [6, 6.07) is 10.2. The molecule has 1 heterocycles. The topological polar surface area (TPSA) is 23.5 Å². The molecule has 0 aliphatic carbocycles. The van der Waals surface area contributed by atoms with Crippen LogP contribution in [0.1, 0.15) is 23.5 Å². The van der Waals surface area contributed by atoms with E-state index in [0.29, 0.717) is 0 Å². The fourth-order valence-electron chi connectivity index (χ4n) is 1.81. The molecule has 0 fully saturated rings. The first kappa shape index (κ1) is 13.6. The number of aliphatic hydroxyl groups is 1. The van der Waals surface area contributed by atoms with Crippen LogP contribution in [0.15, 0.2) is 40.2 Å². The maximum atomic E-state index is 9.55. The van der Waals surface area contributed by atoms with Crippen molar-refractivity contribution in [3.63, 3.8) is 0 Å². The molecule has 1 aromatic heterocycles. The molecule has 0 saturated heterocycles. The van der Waals surface area contributed by atoms with E-state index in [2.05, 4.69) is 45.4 Å². The van der Waals surface area contributed by atoms with Gasteiger partial charge in [-0.1, -0.05) is 12.1 Å². The van der Waals surface area contributed by atoms with Crippen LogP contribution in [0.2, 0.25) is 0 Å². The molecule has 1 aromatic carbocycles. The molecule has 4 heteroatoms. The third-order valence-electron chi connectivity index (χ3n) is 2.84. The highest BCUT2D eigenvalue weighted by Gasteiger charge is 2.09. The normalized spacial score (nSPS) is 12.4. The predicted octanol–water partition coefficient (Wildman–Crippen LogP) is 4.20. The number of hydrogen-bond acceptors (Lipinski definition) is 3. The summed E-state index contributed by atoms with van der Waals surface area (Å²) in [5.41, 5.74) is 2.06. The van der Waals surface area contributed by atoms with Gasteiger partial charge in [0.05, 0.1) is 18.3 Å². The van der Waals surface area contributed by atoms with E-state index < -0.39 is 6.10 Å². The zero-order valence-corrected chi connectivity index (χ0v) is 12.8. The molecule has 0 spiro atoms. The fraction of sp³-hybridized carbons (Fsp3) is 0.286. The third-order valence-corrected chi connectivity index (χ3v) is 4.33. The van der Waals surface area contributed by atoms with Gasteiger partial charge in [-0.05, 0) is 52.0 Å². The highest BCUT2D eigenvalue weighted by molar-refractivity contribution is 9.10. The Kier molecular flexibility index (Phi) is 4.43. The molecule has 0 bridgehead atoms. The van der Waals surface area contributed by atoms with Crippen molar-refractivity contribution in [3.8, 4) is 0 Å². The van der Waals surface area contributed by atoms with E-state index in [1.165, 1.54) is 4.88 Å². The molecule has 2 rings (SSSR count). The van der Waals surface area contributed by atoms with Crippen molar-refractivity contribution >= 4 is 33.0 Å². The molecule has 1 atom stereocenters. The van der Waals surface area contributed by atoms with Crippen LogP contribution in [0.4, 0.5) is 5.69 Å². The number of aliphatic hydroxyl groups excluding tert-OH is 1. The molecule has 0 amide bonds. The SMILES string of the molecule is C[C@@H](O)c1ccc(N(C)Cc2cccs2)c(Br)c1. The van der Waals surface area contributed by atoms with Crippen molar-refractivity contribution in [1.29, 1.82) is 0 Å². The molecular weight excluding hydrogens is 310 g/mol. The maximum absolute atomic E-state index is 9.55. The molecule has 0 aliphatic heterocycles. The number of rotatable bonds is 4. The molecule has 0 saturated carbocycles. The Hall–Kier alpha value is -0.840. The largest absolute Gasteiger partial charge is 0.389 e. The highest BCUT2D eigenvalue weighted by atomic mass is 79.9. The second kappa shape index (κ2) is 5.87. The van der Waals surface area contributed by atoms with Crippen molar-refractivity contribution in [1.82, 2.24) is 0 Å². The van der Waals surface area contributed by atoms with Crippen molar-refractivity contribution in [2.45, 2.75) is 19.6 Å².